The SMILES string of the molecule is CN(C)c1c(F)cccc1C1(C(=O)O)CCCC1. The molecule has 0 atom stereocenters. The van der Waals surface area contributed by atoms with E-state index in [1.165, 1.54) is 6.07 Å². The van der Waals surface area contributed by atoms with Crippen LogP contribution in [0, 0.1) is 5.82 Å². The van der Waals surface area contributed by atoms with E-state index < -0.39 is 11.4 Å². The van der Waals surface area contributed by atoms with Crippen LogP contribution >= 0.6 is 0 Å². The van der Waals surface area contributed by atoms with Crippen molar-refractivity contribution in [3.63, 3.8) is 0 Å². The number of para-hydroxylation sites is 1. The summed E-state index contributed by atoms with van der Waals surface area (Å²) in [5.74, 6) is -1.20. The van der Waals surface area contributed by atoms with Gasteiger partial charge in [0.05, 0.1) is 11.1 Å². The van der Waals surface area contributed by atoms with Crippen molar-refractivity contribution in [2.24, 2.45) is 0 Å². The van der Waals surface area contributed by atoms with Crippen LogP contribution < -0.4 is 4.90 Å². The van der Waals surface area contributed by atoms with E-state index in [1.54, 1.807) is 31.1 Å². The summed E-state index contributed by atoms with van der Waals surface area (Å²) < 4.78 is 14.0. The lowest BCUT2D eigenvalue weighted by Gasteiger charge is -2.29. The molecule has 1 N–H and O–H groups in total. The molecule has 0 amide bonds. The highest BCUT2D eigenvalue weighted by atomic mass is 19.1. The zero-order valence-electron chi connectivity index (χ0n) is 10.7. The minimum absolute atomic E-state index is 0.356. The number of halogens is 1. The molecule has 1 aliphatic carbocycles. The molecule has 0 bridgehead atoms. The fourth-order valence-corrected chi connectivity index (χ4v) is 2.93. The van der Waals surface area contributed by atoms with Crippen molar-refractivity contribution < 1.29 is 14.3 Å². The molecule has 1 fully saturated rings. The molecule has 4 heteroatoms. The van der Waals surface area contributed by atoms with Crippen molar-refractivity contribution in [2.45, 2.75) is 31.1 Å². The van der Waals surface area contributed by atoms with Gasteiger partial charge in [-0.3, -0.25) is 4.79 Å². The van der Waals surface area contributed by atoms with E-state index in [2.05, 4.69) is 0 Å². The number of nitrogens with zero attached hydrogens (tertiary/aromatic N) is 1. The number of hydrogen-bond acceptors (Lipinski definition) is 2. The van der Waals surface area contributed by atoms with Crippen LogP contribution in [0.1, 0.15) is 31.2 Å². The fraction of sp³-hybridized carbons (Fsp3) is 0.500. The fourth-order valence-electron chi connectivity index (χ4n) is 2.93. The predicted octanol–water partition coefficient (Wildman–Crippen LogP) is 2.79. The molecule has 1 aliphatic rings. The van der Waals surface area contributed by atoms with Gasteiger partial charge in [-0.15, -0.1) is 0 Å². The Morgan fingerprint density at radius 2 is 1.94 bits per heavy atom. The molecule has 1 aromatic rings. The van der Waals surface area contributed by atoms with Crippen LogP contribution in [0.3, 0.4) is 0 Å². The Balaban J connectivity index is 2.62. The molecule has 2 rings (SSSR count). The summed E-state index contributed by atoms with van der Waals surface area (Å²) in [6.45, 7) is 0. The van der Waals surface area contributed by atoms with Gasteiger partial charge in [-0.25, -0.2) is 4.39 Å². The first kappa shape index (κ1) is 12.9. The lowest BCUT2D eigenvalue weighted by Crippen LogP contribution is -2.34. The molecule has 98 valence electrons. The number of carbonyl (C=O) groups is 1. The average molecular weight is 251 g/mol. The van der Waals surface area contributed by atoms with Crippen LogP contribution in [0.15, 0.2) is 18.2 Å². The van der Waals surface area contributed by atoms with Gasteiger partial charge in [0.15, 0.2) is 0 Å². The molecule has 0 radical (unpaired) electrons. The Labute approximate surface area is 106 Å². The van der Waals surface area contributed by atoms with E-state index >= 15 is 0 Å². The standard InChI is InChI=1S/C14H18FNO2/c1-16(2)12-10(6-5-7-11(12)15)14(13(17)18)8-3-4-9-14/h5-7H,3-4,8-9H2,1-2H3,(H,17,18). The summed E-state index contributed by atoms with van der Waals surface area (Å²) in [6.07, 6.45) is 2.95. The van der Waals surface area contributed by atoms with Crippen molar-refractivity contribution in [1.82, 2.24) is 0 Å². The summed E-state index contributed by atoms with van der Waals surface area (Å²) in [4.78, 5) is 13.3. The lowest BCUT2D eigenvalue weighted by molar-refractivity contribution is -0.143. The van der Waals surface area contributed by atoms with E-state index in [4.69, 9.17) is 0 Å². The number of hydrogen-bond donors (Lipinski definition) is 1. The van der Waals surface area contributed by atoms with Crippen LogP contribution in [0.25, 0.3) is 0 Å². The molecule has 18 heavy (non-hydrogen) atoms. The molecule has 0 saturated heterocycles. The predicted molar refractivity (Wildman–Crippen MR) is 68.5 cm³/mol. The molecule has 1 aromatic carbocycles. The smallest absolute Gasteiger partial charge is 0.314 e. The maximum absolute atomic E-state index is 14.0. The van der Waals surface area contributed by atoms with Crippen LogP contribution in [0.5, 0.6) is 0 Å². The highest BCUT2D eigenvalue weighted by molar-refractivity contribution is 5.84. The molecule has 0 spiro atoms. The summed E-state index contributed by atoms with van der Waals surface area (Å²) in [7, 11) is 3.48. The number of carboxylic acids is 1. The van der Waals surface area contributed by atoms with Crippen LogP contribution in [0.2, 0.25) is 0 Å². The molecular weight excluding hydrogens is 233 g/mol. The number of rotatable bonds is 3. The van der Waals surface area contributed by atoms with Crippen LogP contribution in [-0.4, -0.2) is 25.2 Å². The van der Waals surface area contributed by atoms with Crippen molar-refractivity contribution in [3.8, 4) is 0 Å². The van der Waals surface area contributed by atoms with E-state index in [-0.39, 0.29) is 5.82 Å². The molecular formula is C14H18FNO2. The third kappa shape index (κ3) is 1.85. The normalized spacial score (nSPS) is 17.7. The van der Waals surface area contributed by atoms with Crippen molar-refractivity contribution in [1.29, 1.82) is 0 Å². The first-order valence-corrected chi connectivity index (χ1v) is 6.19. The highest BCUT2D eigenvalue weighted by Crippen LogP contribution is 2.45. The Morgan fingerprint density at radius 3 is 2.44 bits per heavy atom. The third-order valence-corrected chi connectivity index (χ3v) is 3.82. The first-order valence-electron chi connectivity index (χ1n) is 6.19. The zero-order chi connectivity index (χ0) is 13.3. The lowest BCUT2D eigenvalue weighted by atomic mass is 9.78. The monoisotopic (exact) mass is 251 g/mol. The van der Waals surface area contributed by atoms with Crippen molar-refractivity contribution in [3.05, 3.63) is 29.6 Å². The molecule has 0 unspecified atom stereocenters. The van der Waals surface area contributed by atoms with E-state index in [0.29, 0.717) is 24.1 Å². The minimum Gasteiger partial charge on any atom is -0.481 e. The first-order chi connectivity index (χ1) is 8.49. The van der Waals surface area contributed by atoms with E-state index in [1.807, 2.05) is 0 Å². The summed E-state index contributed by atoms with van der Waals surface area (Å²) in [5.41, 5.74) is 0.0983. The maximum Gasteiger partial charge on any atom is 0.314 e. The molecule has 1 saturated carbocycles. The number of benzene rings is 1. The van der Waals surface area contributed by atoms with E-state index in [9.17, 15) is 14.3 Å². The second-order valence-electron chi connectivity index (χ2n) is 5.12. The van der Waals surface area contributed by atoms with Gasteiger partial charge in [0.25, 0.3) is 0 Å². The Morgan fingerprint density at radius 1 is 1.33 bits per heavy atom. The molecule has 3 nitrogen and oxygen atoms in total. The van der Waals surface area contributed by atoms with Gasteiger partial charge in [-0.1, -0.05) is 25.0 Å². The second-order valence-corrected chi connectivity index (χ2v) is 5.12. The minimum atomic E-state index is -0.915. The van der Waals surface area contributed by atoms with Gasteiger partial charge in [-0.2, -0.15) is 0 Å². The number of carboxylic acid groups (broad SMARTS) is 1. The van der Waals surface area contributed by atoms with E-state index in [0.717, 1.165) is 12.8 Å². The third-order valence-electron chi connectivity index (χ3n) is 3.82. The summed E-state index contributed by atoms with van der Waals surface area (Å²) in [6, 6.07) is 4.72. The summed E-state index contributed by atoms with van der Waals surface area (Å²) in [5, 5.41) is 9.57. The van der Waals surface area contributed by atoms with Crippen LogP contribution in [-0.2, 0) is 10.2 Å². The maximum atomic E-state index is 14.0. The van der Waals surface area contributed by atoms with Gasteiger partial charge in [0.1, 0.15) is 5.82 Å². The quantitative estimate of drug-likeness (QED) is 0.898. The average Bonchev–Trinajstić information content (AvgIpc) is 2.78. The van der Waals surface area contributed by atoms with Gasteiger partial charge in [0, 0.05) is 14.1 Å². The highest BCUT2D eigenvalue weighted by Gasteiger charge is 2.45. The largest absolute Gasteiger partial charge is 0.481 e. The molecule has 0 aromatic heterocycles. The second kappa shape index (κ2) is 4.59. The van der Waals surface area contributed by atoms with Gasteiger partial charge >= 0.3 is 5.97 Å². The van der Waals surface area contributed by atoms with Gasteiger partial charge in [-0.05, 0) is 24.5 Å². The van der Waals surface area contributed by atoms with Gasteiger partial charge < -0.3 is 10.0 Å². The number of aliphatic carboxylic acids is 1. The molecule has 0 aliphatic heterocycles. The topological polar surface area (TPSA) is 40.5 Å². The Bertz CT molecular complexity index is 465. The van der Waals surface area contributed by atoms with Crippen molar-refractivity contribution >= 4 is 11.7 Å². The van der Waals surface area contributed by atoms with Crippen LogP contribution in [0.4, 0.5) is 10.1 Å². The molecule has 0 heterocycles. The Hall–Kier alpha value is -1.58. The zero-order valence-corrected chi connectivity index (χ0v) is 10.7. The number of anilines is 1. The van der Waals surface area contributed by atoms with Crippen molar-refractivity contribution in [2.75, 3.05) is 19.0 Å². The van der Waals surface area contributed by atoms with Gasteiger partial charge in [0.2, 0.25) is 0 Å². The Kier molecular flexibility index (Phi) is 3.28. The summed E-state index contributed by atoms with van der Waals surface area (Å²) >= 11 is 0.